The van der Waals surface area contributed by atoms with E-state index in [1.807, 2.05) is 0 Å². The van der Waals surface area contributed by atoms with Gasteiger partial charge in [0.05, 0.1) is 19.2 Å². The molecular weight excluding hydrogens is 433 g/mol. The van der Waals surface area contributed by atoms with Crippen LogP contribution in [0.2, 0.25) is 0 Å². The highest BCUT2D eigenvalue weighted by Crippen LogP contribution is 2.18. The Morgan fingerprint density at radius 1 is 1.12 bits per heavy atom. The van der Waals surface area contributed by atoms with Gasteiger partial charge in [0, 0.05) is 5.69 Å². The number of aryl methyl sites for hydroxylation is 1. The number of aromatic nitrogens is 2. The van der Waals surface area contributed by atoms with E-state index in [0.29, 0.717) is 27.2 Å². The first-order valence-electron chi connectivity index (χ1n) is 9.77. The molecule has 0 atom stereocenters. The third-order valence-corrected chi connectivity index (χ3v) is 5.97. The fourth-order valence-corrected chi connectivity index (χ4v) is 4.32. The molecule has 1 N–H and O–H groups in total. The molecule has 1 amide bonds. The van der Waals surface area contributed by atoms with E-state index in [1.54, 1.807) is 42.6 Å². The molecule has 7 nitrogen and oxygen atoms in total. The molecule has 0 aliphatic heterocycles. The Balaban J connectivity index is 1.71. The summed E-state index contributed by atoms with van der Waals surface area (Å²) >= 11 is 1.21. The minimum Gasteiger partial charge on any atom is -0.497 e. The SMILES string of the molecule is COc1cccc(Cn2c(=O)c3sccc3n(CC(=O)Nc3ccc(F)cc3C)c2=O)c1. The van der Waals surface area contributed by atoms with Gasteiger partial charge in [0.2, 0.25) is 5.91 Å². The van der Waals surface area contributed by atoms with Crippen molar-refractivity contribution in [2.24, 2.45) is 0 Å². The number of carbonyl (C=O) groups excluding carboxylic acids is 1. The molecule has 9 heteroatoms. The van der Waals surface area contributed by atoms with Crippen molar-refractivity contribution in [2.45, 2.75) is 20.0 Å². The number of ether oxygens (including phenoxy) is 1. The molecule has 0 aliphatic rings. The van der Waals surface area contributed by atoms with Gasteiger partial charge in [-0.1, -0.05) is 12.1 Å². The van der Waals surface area contributed by atoms with Crippen molar-refractivity contribution in [3.8, 4) is 5.75 Å². The number of amides is 1. The minimum atomic E-state index is -0.588. The molecular formula is C23H20FN3O4S. The van der Waals surface area contributed by atoms with Gasteiger partial charge in [0.15, 0.2) is 0 Å². The van der Waals surface area contributed by atoms with E-state index in [0.717, 1.165) is 10.1 Å². The normalized spacial score (nSPS) is 11.0. The van der Waals surface area contributed by atoms with Gasteiger partial charge >= 0.3 is 5.69 Å². The zero-order valence-corrected chi connectivity index (χ0v) is 18.2. The number of hydrogen-bond acceptors (Lipinski definition) is 5. The highest BCUT2D eigenvalue weighted by molar-refractivity contribution is 7.17. The number of hydrogen-bond donors (Lipinski definition) is 1. The first kappa shape index (κ1) is 21.5. The van der Waals surface area contributed by atoms with Crippen molar-refractivity contribution >= 4 is 33.1 Å². The van der Waals surface area contributed by atoms with Gasteiger partial charge in [-0.05, 0) is 59.8 Å². The minimum absolute atomic E-state index is 0.0431. The van der Waals surface area contributed by atoms with Crippen LogP contribution in [0.5, 0.6) is 5.75 Å². The molecule has 32 heavy (non-hydrogen) atoms. The number of methoxy groups -OCH3 is 1. The Kier molecular flexibility index (Phi) is 5.91. The fourth-order valence-electron chi connectivity index (χ4n) is 3.48. The second-order valence-electron chi connectivity index (χ2n) is 7.25. The number of carbonyl (C=O) groups is 1. The van der Waals surface area contributed by atoms with Gasteiger partial charge in [0.25, 0.3) is 5.56 Å². The summed E-state index contributed by atoms with van der Waals surface area (Å²) in [5, 5.41) is 4.41. The highest BCUT2D eigenvalue weighted by atomic mass is 32.1. The molecule has 164 valence electrons. The smallest absolute Gasteiger partial charge is 0.332 e. The first-order chi connectivity index (χ1) is 15.4. The molecule has 0 radical (unpaired) electrons. The van der Waals surface area contributed by atoms with Crippen molar-refractivity contribution in [1.82, 2.24) is 9.13 Å². The van der Waals surface area contributed by atoms with Crippen LogP contribution in [0.15, 0.2) is 63.5 Å². The molecule has 0 bridgehead atoms. The van der Waals surface area contributed by atoms with Crippen molar-refractivity contribution in [2.75, 3.05) is 12.4 Å². The van der Waals surface area contributed by atoms with E-state index < -0.39 is 23.0 Å². The summed E-state index contributed by atoms with van der Waals surface area (Å²) in [6.45, 7) is 1.43. The molecule has 4 rings (SSSR count). The first-order valence-corrected chi connectivity index (χ1v) is 10.6. The Hall–Kier alpha value is -3.72. The zero-order chi connectivity index (χ0) is 22.8. The Morgan fingerprint density at radius 3 is 2.69 bits per heavy atom. The molecule has 0 spiro atoms. The predicted octanol–water partition coefficient (Wildman–Crippen LogP) is 3.37. The summed E-state index contributed by atoms with van der Waals surface area (Å²) < 4.78 is 21.3. The molecule has 4 aromatic rings. The predicted molar refractivity (Wildman–Crippen MR) is 122 cm³/mol. The van der Waals surface area contributed by atoms with Gasteiger partial charge in [-0.15, -0.1) is 11.3 Å². The van der Waals surface area contributed by atoms with E-state index in [9.17, 15) is 18.8 Å². The fraction of sp³-hybridized carbons (Fsp3) is 0.174. The van der Waals surface area contributed by atoms with Crippen LogP contribution >= 0.6 is 11.3 Å². The van der Waals surface area contributed by atoms with Crippen LogP contribution in [0.1, 0.15) is 11.1 Å². The molecule has 0 unspecified atom stereocenters. The third-order valence-electron chi connectivity index (χ3n) is 5.08. The lowest BCUT2D eigenvalue weighted by atomic mass is 10.2. The van der Waals surface area contributed by atoms with Crippen LogP contribution in [-0.2, 0) is 17.9 Å². The molecule has 2 aromatic heterocycles. The standard InChI is InChI=1S/C23H20FN3O4S/c1-14-10-16(24)6-7-18(14)25-20(28)13-26-19-8-9-32-21(19)22(29)27(23(26)30)12-15-4-3-5-17(11-15)31-2/h3-11H,12-13H2,1-2H3,(H,25,28). The largest absolute Gasteiger partial charge is 0.497 e. The van der Waals surface area contributed by atoms with E-state index >= 15 is 0 Å². The van der Waals surface area contributed by atoms with Crippen LogP contribution in [-0.4, -0.2) is 22.2 Å². The summed E-state index contributed by atoms with van der Waals surface area (Å²) in [7, 11) is 1.54. The number of rotatable bonds is 6. The molecule has 2 heterocycles. The highest BCUT2D eigenvalue weighted by Gasteiger charge is 2.17. The molecule has 0 saturated heterocycles. The summed E-state index contributed by atoms with van der Waals surface area (Å²) in [6.07, 6.45) is 0. The van der Waals surface area contributed by atoms with Gasteiger partial charge < -0.3 is 10.1 Å². The van der Waals surface area contributed by atoms with Crippen LogP contribution in [0, 0.1) is 12.7 Å². The monoisotopic (exact) mass is 453 g/mol. The topological polar surface area (TPSA) is 82.3 Å². The maximum absolute atomic E-state index is 13.3. The molecule has 0 saturated carbocycles. The van der Waals surface area contributed by atoms with E-state index in [2.05, 4.69) is 5.32 Å². The maximum atomic E-state index is 13.3. The van der Waals surface area contributed by atoms with E-state index in [-0.39, 0.29) is 13.1 Å². The van der Waals surface area contributed by atoms with Crippen LogP contribution < -0.4 is 21.3 Å². The van der Waals surface area contributed by atoms with Crippen molar-refractivity contribution < 1.29 is 13.9 Å². The Bertz CT molecular complexity index is 1440. The van der Waals surface area contributed by atoms with Gasteiger partial charge in [-0.25, -0.2) is 9.18 Å². The quantitative estimate of drug-likeness (QED) is 0.485. The van der Waals surface area contributed by atoms with Crippen molar-refractivity contribution in [3.05, 3.63) is 91.7 Å². The number of nitrogens with zero attached hydrogens (tertiary/aromatic N) is 2. The molecule has 0 aliphatic carbocycles. The number of fused-ring (bicyclic) bond motifs is 1. The second kappa shape index (κ2) is 8.80. The second-order valence-corrected chi connectivity index (χ2v) is 8.17. The van der Waals surface area contributed by atoms with Gasteiger partial charge in [-0.2, -0.15) is 0 Å². The van der Waals surface area contributed by atoms with Crippen LogP contribution in [0.4, 0.5) is 10.1 Å². The average molecular weight is 453 g/mol. The van der Waals surface area contributed by atoms with Gasteiger partial charge in [0.1, 0.15) is 22.8 Å². The average Bonchev–Trinajstić information content (AvgIpc) is 3.26. The number of halogens is 1. The molecule has 2 aromatic carbocycles. The number of thiophene rings is 1. The zero-order valence-electron chi connectivity index (χ0n) is 17.4. The number of anilines is 1. The number of nitrogens with one attached hydrogen (secondary N) is 1. The summed E-state index contributed by atoms with van der Waals surface area (Å²) in [5.41, 5.74) is 1.14. The van der Waals surface area contributed by atoms with Crippen molar-refractivity contribution in [1.29, 1.82) is 0 Å². The Morgan fingerprint density at radius 2 is 1.94 bits per heavy atom. The lowest BCUT2D eigenvalue weighted by Crippen LogP contribution is -2.41. The summed E-state index contributed by atoms with van der Waals surface area (Å²) in [5.74, 6) is -0.246. The van der Waals surface area contributed by atoms with E-state index in [1.165, 1.54) is 41.2 Å². The third kappa shape index (κ3) is 4.19. The van der Waals surface area contributed by atoms with Crippen LogP contribution in [0.3, 0.4) is 0 Å². The lowest BCUT2D eigenvalue weighted by Gasteiger charge is -2.13. The number of benzene rings is 2. The molecule has 0 fully saturated rings. The van der Waals surface area contributed by atoms with E-state index in [4.69, 9.17) is 4.74 Å². The van der Waals surface area contributed by atoms with Crippen molar-refractivity contribution in [3.63, 3.8) is 0 Å². The van der Waals surface area contributed by atoms with Crippen LogP contribution in [0.25, 0.3) is 10.2 Å². The van der Waals surface area contributed by atoms with Gasteiger partial charge in [-0.3, -0.25) is 18.7 Å². The summed E-state index contributed by atoms with van der Waals surface area (Å²) in [6, 6.07) is 12.8. The lowest BCUT2D eigenvalue weighted by molar-refractivity contribution is -0.116. The maximum Gasteiger partial charge on any atom is 0.332 e. The summed E-state index contributed by atoms with van der Waals surface area (Å²) in [4.78, 5) is 38.9. The Labute approximate surface area is 186 Å².